The van der Waals surface area contributed by atoms with Gasteiger partial charge in [0, 0.05) is 12.0 Å². The summed E-state index contributed by atoms with van der Waals surface area (Å²) in [5, 5.41) is 16.5. The van der Waals surface area contributed by atoms with E-state index in [1.807, 2.05) is 31.2 Å². The molecule has 0 spiro atoms. The number of hydrogen-bond donors (Lipinski definition) is 2. The van der Waals surface area contributed by atoms with Crippen LogP contribution in [-0.2, 0) is 9.47 Å². The molecule has 4 rings (SSSR count). The molecule has 0 radical (unpaired) electrons. The highest BCUT2D eigenvalue weighted by Crippen LogP contribution is 2.35. The lowest BCUT2D eigenvalue weighted by atomic mass is 10.0. The Morgan fingerprint density at radius 3 is 2.96 bits per heavy atom. The minimum atomic E-state index is -0.484. The first-order valence-electron chi connectivity index (χ1n) is 7.85. The number of ether oxygens (including phenoxy) is 2. The number of rotatable bonds is 3. The summed E-state index contributed by atoms with van der Waals surface area (Å²) in [5.41, 5.74) is 10.8. The van der Waals surface area contributed by atoms with Crippen molar-refractivity contribution in [1.82, 2.24) is 25.6 Å². The van der Waals surface area contributed by atoms with Crippen molar-refractivity contribution in [2.75, 3.05) is 6.61 Å². The first-order chi connectivity index (χ1) is 12.1. The second-order valence-corrected chi connectivity index (χ2v) is 6.44. The predicted octanol–water partition coefficient (Wildman–Crippen LogP) is 0.524. The summed E-state index contributed by atoms with van der Waals surface area (Å²) in [6.07, 6.45) is -0.0432. The van der Waals surface area contributed by atoms with Gasteiger partial charge >= 0.3 is 0 Å². The van der Waals surface area contributed by atoms with Gasteiger partial charge in [0.2, 0.25) is 0 Å². The van der Waals surface area contributed by atoms with Gasteiger partial charge in [-0.05, 0) is 29.6 Å². The van der Waals surface area contributed by atoms with E-state index in [0.717, 1.165) is 5.56 Å². The van der Waals surface area contributed by atoms with Gasteiger partial charge in [-0.1, -0.05) is 29.8 Å². The predicted molar refractivity (Wildman–Crippen MR) is 93.6 cm³/mol. The van der Waals surface area contributed by atoms with E-state index in [1.165, 1.54) is 5.56 Å². The summed E-state index contributed by atoms with van der Waals surface area (Å²) >= 11 is 4.79. The summed E-state index contributed by atoms with van der Waals surface area (Å²) in [4.78, 5) is 0. The first kappa shape index (κ1) is 16.1. The van der Waals surface area contributed by atoms with E-state index >= 15 is 0 Å². The molecule has 130 valence electrons. The van der Waals surface area contributed by atoms with Crippen LogP contribution in [0.3, 0.4) is 0 Å². The van der Waals surface area contributed by atoms with Crippen LogP contribution in [0.1, 0.15) is 18.0 Å². The Bertz CT molecular complexity index is 820. The van der Waals surface area contributed by atoms with E-state index in [0.29, 0.717) is 24.6 Å². The van der Waals surface area contributed by atoms with Crippen LogP contribution >= 0.6 is 12.2 Å². The molecule has 9 nitrogen and oxygen atoms in total. The van der Waals surface area contributed by atoms with Crippen molar-refractivity contribution in [2.24, 2.45) is 10.8 Å². The normalized spacial score (nSPS) is 26.8. The Labute approximate surface area is 149 Å². The Morgan fingerprint density at radius 2 is 2.20 bits per heavy atom. The Morgan fingerprint density at radius 1 is 1.40 bits per heavy atom. The fourth-order valence-electron chi connectivity index (χ4n) is 3.02. The molecule has 3 atom stereocenters. The number of hydrogen-bond acceptors (Lipinski definition) is 7. The molecule has 1 aromatic carbocycles. The van der Waals surface area contributed by atoms with Crippen LogP contribution in [0.2, 0.25) is 0 Å². The fraction of sp³-hybridized carbons (Fsp3) is 0.400. The highest BCUT2D eigenvalue weighted by Gasteiger charge is 2.44. The average molecular weight is 359 g/mol. The van der Waals surface area contributed by atoms with Crippen LogP contribution in [0, 0.1) is 6.92 Å². The van der Waals surface area contributed by atoms with Gasteiger partial charge in [-0.25, -0.2) is 4.68 Å². The van der Waals surface area contributed by atoms with Crippen molar-refractivity contribution in [3.05, 3.63) is 29.8 Å². The molecule has 3 N–H and O–H groups in total. The molecule has 2 aliphatic heterocycles. The average Bonchev–Trinajstić information content (AvgIpc) is 3.23. The van der Waals surface area contributed by atoms with Crippen molar-refractivity contribution in [3.63, 3.8) is 0 Å². The Hall–Kier alpha value is -2.43. The highest BCUT2D eigenvalue weighted by molar-refractivity contribution is 7.80. The quantitative estimate of drug-likeness (QED) is 0.603. The van der Waals surface area contributed by atoms with Crippen LogP contribution in [0.5, 0.6) is 0 Å². The zero-order chi connectivity index (χ0) is 17.4. The number of aromatic nitrogens is 4. The number of tetrazole rings is 1. The zero-order valence-electron chi connectivity index (χ0n) is 13.5. The first-order valence-corrected chi connectivity index (χ1v) is 8.26. The zero-order valence-corrected chi connectivity index (χ0v) is 14.3. The summed E-state index contributed by atoms with van der Waals surface area (Å²) < 4.78 is 13.3. The number of nitrogens with one attached hydrogen (secondary N) is 1. The maximum absolute atomic E-state index is 5.90. The lowest BCUT2D eigenvalue weighted by molar-refractivity contribution is -0.0320. The monoisotopic (exact) mass is 359 g/mol. The van der Waals surface area contributed by atoms with Crippen LogP contribution in [0.15, 0.2) is 29.4 Å². The van der Waals surface area contributed by atoms with Crippen molar-refractivity contribution >= 4 is 23.0 Å². The molecule has 0 amide bonds. The molecule has 10 heteroatoms. The number of hydrazone groups is 1. The van der Waals surface area contributed by atoms with Gasteiger partial charge in [-0.3, -0.25) is 5.43 Å². The fourth-order valence-corrected chi connectivity index (χ4v) is 3.06. The number of benzene rings is 1. The maximum Gasteiger partial charge on any atom is 0.199 e. The standard InChI is InChI=1S/C15H17N7O2S/c1-8-2-4-9(5-3-8)13-18-20-21-22(13)11-6-10(17-19-15(16)25)14-23-7-12(11)24-14/h2-5,11-12,14H,6-7H2,1H3,(H3,16,19,25)/b17-10-/t11-,12-,14-/m0/s1. The lowest BCUT2D eigenvalue weighted by Crippen LogP contribution is -2.39. The molecule has 25 heavy (non-hydrogen) atoms. The molecule has 0 unspecified atom stereocenters. The molecule has 2 aliphatic rings. The van der Waals surface area contributed by atoms with E-state index in [2.05, 4.69) is 26.1 Å². The molecule has 0 aliphatic carbocycles. The molecule has 2 saturated heterocycles. The number of fused-ring (bicyclic) bond motifs is 2. The van der Waals surface area contributed by atoms with Crippen LogP contribution in [-0.4, -0.2) is 50.0 Å². The van der Waals surface area contributed by atoms with Crippen LogP contribution < -0.4 is 11.2 Å². The van der Waals surface area contributed by atoms with Crippen molar-refractivity contribution < 1.29 is 9.47 Å². The van der Waals surface area contributed by atoms with Gasteiger partial charge in [0.25, 0.3) is 0 Å². The van der Waals surface area contributed by atoms with E-state index in [4.69, 9.17) is 27.4 Å². The van der Waals surface area contributed by atoms with E-state index in [9.17, 15) is 0 Å². The molecular formula is C15H17N7O2S. The topological polar surface area (TPSA) is 112 Å². The third-order valence-corrected chi connectivity index (χ3v) is 4.35. The number of nitrogens with zero attached hydrogens (tertiary/aromatic N) is 5. The molecule has 2 bridgehead atoms. The second-order valence-electron chi connectivity index (χ2n) is 6.00. The SMILES string of the molecule is Cc1ccc(-c2nnnn2[C@H]2C/C(=N/NC(N)=S)[C@H]3OC[C@@H]2O3)cc1. The van der Waals surface area contributed by atoms with Gasteiger partial charge in [-0.15, -0.1) is 5.10 Å². The summed E-state index contributed by atoms with van der Waals surface area (Å²) in [6, 6.07) is 7.92. The van der Waals surface area contributed by atoms with Crippen LogP contribution in [0.25, 0.3) is 11.4 Å². The maximum atomic E-state index is 5.90. The van der Waals surface area contributed by atoms with Crippen molar-refractivity contribution in [3.8, 4) is 11.4 Å². The van der Waals surface area contributed by atoms with Gasteiger partial charge in [0.05, 0.1) is 18.4 Å². The molecule has 2 fully saturated rings. The number of aryl methyl sites for hydroxylation is 1. The van der Waals surface area contributed by atoms with Crippen LogP contribution in [0.4, 0.5) is 0 Å². The summed E-state index contributed by atoms with van der Waals surface area (Å²) in [5.74, 6) is 0.681. The third kappa shape index (κ3) is 3.11. The Balaban J connectivity index is 1.65. The molecule has 2 aromatic rings. The number of thiocarbonyl (C=S) groups is 1. The molecule has 0 saturated carbocycles. The minimum Gasteiger partial charge on any atom is -0.375 e. The highest BCUT2D eigenvalue weighted by atomic mass is 32.1. The largest absolute Gasteiger partial charge is 0.375 e. The Kier molecular flexibility index (Phi) is 4.15. The summed E-state index contributed by atoms with van der Waals surface area (Å²) in [6.45, 7) is 2.49. The lowest BCUT2D eigenvalue weighted by Gasteiger charge is -2.28. The van der Waals surface area contributed by atoms with Gasteiger partial charge in [0.15, 0.2) is 17.2 Å². The van der Waals surface area contributed by atoms with Gasteiger partial charge in [-0.2, -0.15) is 5.10 Å². The smallest absolute Gasteiger partial charge is 0.199 e. The second kappa shape index (κ2) is 6.47. The van der Waals surface area contributed by atoms with Gasteiger partial charge < -0.3 is 15.2 Å². The minimum absolute atomic E-state index is 0.0898. The van der Waals surface area contributed by atoms with Crippen molar-refractivity contribution in [1.29, 1.82) is 0 Å². The van der Waals surface area contributed by atoms with E-state index < -0.39 is 6.29 Å². The molecule has 3 heterocycles. The van der Waals surface area contributed by atoms with Crippen molar-refractivity contribution in [2.45, 2.75) is 31.8 Å². The van der Waals surface area contributed by atoms with E-state index in [-0.39, 0.29) is 17.3 Å². The van der Waals surface area contributed by atoms with E-state index in [1.54, 1.807) is 4.68 Å². The summed E-state index contributed by atoms with van der Waals surface area (Å²) in [7, 11) is 0. The molecule has 1 aromatic heterocycles. The third-order valence-electron chi connectivity index (χ3n) is 4.26. The van der Waals surface area contributed by atoms with Gasteiger partial charge in [0.1, 0.15) is 6.10 Å². The number of nitrogens with two attached hydrogens (primary N) is 1. The molecular weight excluding hydrogens is 342 g/mol.